The van der Waals surface area contributed by atoms with Crippen molar-refractivity contribution >= 4 is 0 Å². The summed E-state index contributed by atoms with van der Waals surface area (Å²) in [5.74, 6) is 4.05. The molecule has 1 unspecified atom stereocenters. The third-order valence-corrected chi connectivity index (χ3v) is 12.5. The lowest BCUT2D eigenvalue weighted by Gasteiger charge is -2.65. The molecule has 6 heteroatoms. The number of rotatable bonds is 16. The van der Waals surface area contributed by atoms with E-state index in [1.54, 1.807) is 0 Å². The molecule has 11 atom stereocenters. The maximum absolute atomic E-state index is 6.95. The van der Waals surface area contributed by atoms with Gasteiger partial charge in [-0.1, -0.05) is 47.0 Å². The quantitative estimate of drug-likeness (QED) is 0.202. The van der Waals surface area contributed by atoms with Crippen LogP contribution in [0.1, 0.15) is 111 Å². The summed E-state index contributed by atoms with van der Waals surface area (Å²) in [5, 5.41) is 0. The summed E-state index contributed by atoms with van der Waals surface area (Å²) in [6.45, 7) is 14.6. The Hall–Kier alpha value is -0.240. The largest absolute Gasteiger partial charge is 0.378 e. The van der Waals surface area contributed by atoms with Crippen LogP contribution in [0.25, 0.3) is 0 Å². The van der Waals surface area contributed by atoms with Gasteiger partial charge in [-0.3, -0.25) is 0 Å². The second-order valence-electron chi connectivity index (χ2n) is 14.6. The second kappa shape index (κ2) is 15.0. The lowest BCUT2D eigenvalue weighted by atomic mass is 9.43. The number of unbranched alkanes of at least 4 members (excludes halogenated alkanes) is 1. The van der Waals surface area contributed by atoms with Gasteiger partial charge in [0.1, 0.15) is 0 Å². The van der Waals surface area contributed by atoms with E-state index in [2.05, 4.69) is 27.7 Å². The van der Waals surface area contributed by atoms with Crippen molar-refractivity contribution in [1.82, 2.24) is 0 Å². The molecule has 0 heterocycles. The fourth-order valence-electron chi connectivity index (χ4n) is 10.3. The normalized spacial score (nSPS) is 41.8. The zero-order valence-corrected chi connectivity index (χ0v) is 26.6. The summed E-state index contributed by atoms with van der Waals surface area (Å²) >= 11 is 0. The Balaban J connectivity index is 1.64. The van der Waals surface area contributed by atoms with Crippen molar-refractivity contribution in [3.05, 3.63) is 0 Å². The standard InChI is InChI=1S/C34H65N3O3/c1-5-6-10-24(2)27-11-12-28-32-29(23-31(34(27,28)4)40-20-9-17-37)33(3)14-13-26(38-18-7-15-35)21-25(33)22-30(32)39-19-8-16-36/h24-32H,5-23,35-37H2,1-4H3/t24-,25+,26-,27-,28+,29+,30-,31+,32?,33+,34-/m1/s1. The Bertz CT molecular complexity index is 754. The maximum Gasteiger partial charge on any atom is 0.0637 e. The van der Waals surface area contributed by atoms with Crippen molar-refractivity contribution in [3.8, 4) is 0 Å². The van der Waals surface area contributed by atoms with Gasteiger partial charge in [0.05, 0.1) is 18.3 Å². The van der Waals surface area contributed by atoms with Gasteiger partial charge < -0.3 is 31.4 Å². The minimum atomic E-state index is 0.212. The first-order valence-electron chi connectivity index (χ1n) is 17.3. The third kappa shape index (κ3) is 6.63. The van der Waals surface area contributed by atoms with E-state index in [4.69, 9.17) is 31.4 Å². The molecule has 0 bridgehead atoms. The SMILES string of the molecule is CCCC[C@@H](C)[C@H]1CC[C@H]2C3[C@H](OCCCN)C[C@@H]4C[C@H](OCCCN)CC[C@]4(C)[C@H]3C[C@H](OCCCN)[C@]12C. The highest BCUT2D eigenvalue weighted by Crippen LogP contribution is 2.69. The summed E-state index contributed by atoms with van der Waals surface area (Å²) in [7, 11) is 0. The molecule has 40 heavy (non-hydrogen) atoms. The molecule has 6 nitrogen and oxygen atoms in total. The number of ether oxygens (including phenoxy) is 3. The number of hydrogen-bond donors (Lipinski definition) is 3. The second-order valence-corrected chi connectivity index (χ2v) is 14.6. The first-order chi connectivity index (χ1) is 19.3. The molecule has 4 fully saturated rings. The van der Waals surface area contributed by atoms with Gasteiger partial charge in [-0.25, -0.2) is 0 Å². The summed E-state index contributed by atoms with van der Waals surface area (Å²) in [6, 6.07) is 0. The van der Waals surface area contributed by atoms with Gasteiger partial charge in [-0.2, -0.15) is 0 Å². The molecular formula is C34H65N3O3. The van der Waals surface area contributed by atoms with Gasteiger partial charge in [-0.05, 0) is 125 Å². The minimum Gasteiger partial charge on any atom is -0.378 e. The van der Waals surface area contributed by atoms with Crippen molar-refractivity contribution in [3.63, 3.8) is 0 Å². The maximum atomic E-state index is 6.95. The fourth-order valence-corrected chi connectivity index (χ4v) is 10.3. The van der Waals surface area contributed by atoms with Gasteiger partial charge in [0.25, 0.3) is 0 Å². The molecular weight excluding hydrogens is 498 g/mol. The van der Waals surface area contributed by atoms with E-state index in [-0.39, 0.29) is 5.41 Å². The summed E-state index contributed by atoms with van der Waals surface area (Å²) < 4.78 is 20.2. The molecule has 4 aliphatic rings. The number of nitrogens with two attached hydrogens (primary N) is 3. The topological polar surface area (TPSA) is 106 Å². The number of fused-ring (bicyclic) bond motifs is 5. The van der Waals surface area contributed by atoms with Gasteiger partial charge in [0.15, 0.2) is 0 Å². The zero-order chi connectivity index (χ0) is 28.8. The molecule has 0 saturated heterocycles. The van der Waals surface area contributed by atoms with Crippen LogP contribution in [0.3, 0.4) is 0 Å². The Morgan fingerprint density at radius 3 is 2.12 bits per heavy atom. The van der Waals surface area contributed by atoms with Crippen LogP contribution in [0.4, 0.5) is 0 Å². The van der Waals surface area contributed by atoms with Crippen molar-refractivity contribution in [1.29, 1.82) is 0 Å². The molecule has 234 valence electrons. The van der Waals surface area contributed by atoms with Crippen LogP contribution >= 0.6 is 0 Å². The molecule has 0 aliphatic heterocycles. The van der Waals surface area contributed by atoms with E-state index in [9.17, 15) is 0 Å². The van der Waals surface area contributed by atoms with Gasteiger partial charge in [0, 0.05) is 25.2 Å². The van der Waals surface area contributed by atoms with Crippen LogP contribution in [0.5, 0.6) is 0 Å². The smallest absolute Gasteiger partial charge is 0.0637 e. The first-order valence-corrected chi connectivity index (χ1v) is 17.3. The molecule has 4 aliphatic carbocycles. The highest BCUT2D eigenvalue weighted by Gasteiger charge is 2.66. The molecule has 0 aromatic rings. The molecule has 4 saturated carbocycles. The van der Waals surface area contributed by atoms with E-state index in [1.165, 1.54) is 64.2 Å². The van der Waals surface area contributed by atoms with Crippen LogP contribution in [-0.4, -0.2) is 57.8 Å². The van der Waals surface area contributed by atoms with Gasteiger partial charge in [-0.15, -0.1) is 0 Å². The Morgan fingerprint density at radius 1 is 0.775 bits per heavy atom. The van der Waals surface area contributed by atoms with E-state index in [1.807, 2.05) is 0 Å². The number of hydrogen-bond acceptors (Lipinski definition) is 6. The first kappa shape index (κ1) is 32.7. The Morgan fingerprint density at radius 2 is 1.45 bits per heavy atom. The summed E-state index contributed by atoms with van der Waals surface area (Å²) in [6.07, 6.45) is 16.5. The molecule has 4 rings (SSSR count). The van der Waals surface area contributed by atoms with E-state index in [0.29, 0.717) is 67.0 Å². The molecule has 0 radical (unpaired) electrons. The van der Waals surface area contributed by atoms with Crippen molar-refractivity contribution in [2.45, 2.75) is 129 Å². The average molecular weight is 564 g/mol. The monoisotopic (exact) mass is 564 g/mol. The lowest BCUT2D eigenvalue weighted by molar-refractivity contribution is -0.227. The average Bonchev–Trinajstić information content (AvgIpc) is 3.31. The zero-order valence-electron chi connectivity index (χ0n) is 26.6. The predicted molar refractivity (Wildman–Crippen MR) is 165 cm³/mol. The molecule has 6 N–H and O–H groups in total. The molecule has 0 spiro atoms. The lowest BCUT2D eigenvalue weighted by Crippen LogP contribution is -2.63. The highest BCUT2D eigenvalue weighted by molar-refractivity contribution is 5.15. The summed E-state index contributed by atoms with van der Waals surface area (Å²) in [5.41, 5.74) is 18.2. The van der Waals surface area contributed by atoms with E-state index in [0.717, 1.165) is 50.9 Å². The summed E-state index contributed by atoms with van der Waals surface area (Å²) in [4.78, 5) is 0. The highest BCUT2D eigenvalue weighted by atomic mass is 16.5. The molecule has 0 amide bonds. The minimum absolute atomic E-state index is 0.212. The van der Waals surface area contributed by atoms with E-state index >= 15 is 0 Å². The van der Waals surface area contributed by atoms with Crippen LogP contribution < -0.4 is 17.2 Å². The van der Waals surface area contributed by atoms with Crippen LogP contribution in [0.2, 0.25) is 0 Å². The molecule has 0 aromatic heterocycles. The van der Waals surface area contributed by atoms with E-state index < -0.39 is 0 Å². The van der Waals surface area contributed by atoms with Gasteiger partial charge >= 0.3 is 0 Å². The van der Waals surface area contributed by atoms with Gasteiger partial charge in [0.2, 0.25) is 0 Å². The Kier molecular flexibility index (Phi) is 12.2. The predicted octanol–water partition coefficient (Wildman–Crippen LogP) is 5.89. The van der Waals surface area contributed by atoms with Crippen LogP contribution in [0.15, 0.2) is 0 Å². The van der Waals surface area contributed by atoms with Crippen LogP contribution in [0, 0.1) is 46.3 Å². The van der Waals surface area contributed by atoms with Crippen LogP contribution in [-0.2, 0) is 14.2 Å². The fraction of sp³-hybridized carbons (Fsp3) is 1.00. The third-order valence-electron chi connectivity index (χ3n) is 12.5. The van der Waals surface area contributed by atoms with Crippen molar-refractivity contribution < 1.29 is 14.2 Å². The molecule has 0 aromatic carbocycles. The van der Waals surface area contributed by atoms with Crippen molar-refractivity contribution in [2.24, 2.45) is 63.5 Å². The van der Waals surface area contributed by atoms with Crippen molar-refractivity contribution in [2.75, 3.05) is 39.5 Å². The Labute approximate surface area is 246 Å².